The Morgan fingerprint density at radius 3 is 2.90 bits per heavy atom. The van der Waals surface area contributed by atoms with Gasteiger partial charge in [0.05, 0.1) is 17.7 Å². The lowest BCUT2D eigenvalue weighted by Crippen LogP contribution is -2.29. The monoisotopic (exact) mass is 329 g/mol. The highest BCUT2D eigenvalue weighted by molar-refractivity contribution is 7.89. The highest BCUT2D eigenvalue weighted by Crippen LogP contribution is 2.33. The van der Waals surface area contributed by atoms with E-state index in [2.05, 4.69) is 11.6 Å². The second-order valence-corrected chi connectivity index (χ2v) is 7.43. The predicted octanol–water partition coefficient (Wildman–Crippen LogP) is 4.24. The van der Waals surface area contributed by atoms with E-state index in [1.807, 2.05) is 25.1 Å². The van der Waals surface area contributed by atoms with E-state index in [1.165, 1.54) is 12.8 Å². The number of hydrogen-bond donors (Lipinski definition) is 1. The minimum Gasteiger partial charge on any atom is -0.598 e. The van der Waals surface area contributed by atoms with E-state index < -0.39 is 11.4 Å². The minimum absolute atomic E-state index is 0.0169. The number of benzene rings is 1. The molecule has 1 aromatic carbocycles. The fourth-order valence-electron chi connectivity index (χ4n) is 1.99. The summed E-state index contributed by atoms with van der Waals surface area (Å²) < 4.78 is 20.8. The van der Waals surface area contributed by atoms with Crippen LogP contribution in [0.5, 0.6) is 5.75 Å². The maximum absolute atomic E-state index is 11.9. The molecular formula is C16H24ClNO2S. The summed E-state index contributed by atoms with van der Waals surface area (Å²) in [5, 5.41) is 0.638. The first-order valence-corrected chi connectivity index (χ1v) is 9.36. The van der Waals surface area contributed by atoms with Gasteiger partial charge in [0.2, 0.25) is 0 Å². The summed E-state index contributed by atoms with van der Waals surface area (Å²) in [7, 11) is 0. The van der Waals surface area contributed by atoms with Crippen LogP contribution in [0.15, 0.2) is 18.2 Å². The van der Waals surface area contributed by atoms with Crippen molar-refractivity contribution in [3.8, 4) is 5.75 Å². The van der Waals surface area contributed by atoms with Crippen molar-refractivity contribution in [1.29, 1.82) is 0 Å². The molecule has 0 amide bonds. The molecule has 1 aromatic rings. The van der Waals surface area contributed by atoms with Gasteiger partial charge in [0, 0.05) is 11.4 Å². The molecule has 3 nitrogen and oxygen atoms in total. The molecule has 118 valence electrons. The first kappa shape index (κ1) is 16.9. The second-order valence-electron chi connectivity index (χ2n) is 5.69. The molecule has 2 rings (SSSR count). The zero-order valence-electron chi connectivity index (χ0n) is 12.7. The van der Waals surface area contributed by atoms with E-state index in [9.17, 15) is 4.55 Å². The van der Waals surface area contributed by atoms with Crippen molar-refractivity contribution in [3.63, 3.8) is 0 Å². The van der Waals surface area contributed by atoms with Crippen molar-refractivity contribution >= 4 is 23.0 Å². The highest BCUT2D eigenvalue weighted by Gasteiger charge is 2.22. The first-order valence-electron chi connectivity index (χ1n) is 7.67. The van der Waals surface area contributed by atoms with Gasteiger partial charge >= 0.3 is 0 Å². The molecule has 2 atom stereocenters. The van der Waals surface area contributed by atoms with Crippen LogP contribution >= 0.6 is 11.6 Å². The lowest BCUT2D eigenvalue weighted by atomic mass is 10.1. The molecule has 1 unspecified atom stereocenters. The van der Waals surface area contributed by atoms with E-state index in [-0.39, 0.29) is 6.04 Å². The Bertz CT molecular complexity index is 454. The van der Waals surface area contributed by atoms with Crippen LogP contribution in [0.1, 0.15) is 51.1 Å². The lowest BCUT2D eigenvalue weighted by Gasteiger charge is -2.18. The molecule has 1 fully saturated rings. The summed E-state index contributed by atoms with van der Waals surface area (Å²) in [6.45, 7) is 4.86. The molecule has 0 aliphatic heterocycles. The van der Waals surface area contributed by atoms with Crippen molar-refractivity contribution in [2.45, 2.75) is 45.6 Å². The average molecular weight is 330 g/mol. The van der Waals surface area contributed by atoms with Gasteiger partial charge in [-0.25, -0.2) is 0 Å². The van der Waals surface area contributed by atoms with Gasteiger partial charge in [0.1, 0.15) is 11.5 Å². The topological polar surface area (TPSA) is 44.3 Å². The number of unbranched alkanes of at least 4 members (excludes halogenated alkanes) is 1. The van der Waals surface area contributed by atoms with Gasteiger partial charge in [-0.05, 0) is 49.8 Å². The molecular weight excluding hydrogens is 306 g/mol. The minimum atomic E-state index is -0.987. The van der Waals surface area contributed by atoms with Gasteiger partial charge in [-0.2, -0.15) is 0 Å². The Morgan fingerprint density at radius 1 is 1.48 bits per heavy atom. The maximum atomic E-state index is 11.9. The largest absolute Gasteiger partial charge is 0.598 e. The summed E-state index contributed by atoms with van der Waals surface area (Å²) in [4.78, 5) is 0. The van der Waals surface area contributed by atoms with Gasteiger partial charge in [-0.1, -0.05) is 31.0 Å². The SMILES string of the molecule is CCCC[S+]([O-])N[C@@H](C)c1ccc(Cl)c(OCC2CC2)c1. The molecule has 0 radical (unpaired) electrons. The summed E-state index contributed by atoms with van der Waals surface area (Å²) >= 11 is 5.19. The van der Waals surface area contributed by atoms with Crippen LogP contribution < -0.4 is 9.46 Å². The molecule has 21 heavy (non-hydrogen) atoms. The van der Waals surface area contributed by atoms with Gasteiger partial charge in [-0.3, -0.25) is 0 Å². The van der Waals surface area contributed by atoms with Crippen molar-refractivity contribution in [2.24, 2.45) is 5.92 Å². The number of ether oxygens (including phenoxy) is 1. The fraction of sp³-hybridized carbons (Fsp3) is 0.625. The first-order chi connectivity index (χ1) is 10.1. The molecule has 1 N–H and O–H groups in total. The smallest absolute Gasteiger partial charge is 0.138 e. The number of nitrogens with one attached hydrogen (secondary N) is 1. The van der Waals surface area contributed by atoms with Crippen LogP contribution in [0, 0.1) is 5.92 Å². The molecule has 1 aliphatic carbocycles. The third-order valence-corrected chi connectivity index (χ3v) is 5.21. The molecule has 1 aliphatic rings. The van der Waals surface area contributed by atoms with Crippen molar-refractivity contribution in [3.05, 3.63) is 28.8 Å². The predicted molar refractivity (Wildman–Crippen MR) is 89.1 cm³/mol. The Labute approximate surface area is 135 Å². The zero-order chi connectivity index (χ0) is 15.2. The number of halogens is 1. The standard InChI is InChI=1S/C16H24ClNO2S/c1-3-4-9-21(19)18-12(2)14-7-8-15(17)16(10-14)20-11-13-5-6-13/h7-8,10,12-13,18H,3-6,9,11H2,1-2H3/t12-,21?/m0/s1. The van der Waals surface area contributed by atoms with E-state index in [0.717, 1.165) is 30.8 Å². The molecule has 0 saturated heterocycles. The molecule has 0 heterocycles. The van der Waals surface area contributed by atoms with E-state index in [4.69, 9.17) is 16.3 Å². The van der Waals surface area contributed by atoms with Crippen LogP contribution in [-0.2, 0) is 11.4 Å². The van der Waals surface area contributed by atoms with Crippen molar-refractivity contribution in [1.82, 2.24) is 4.72 Å². The van der Waals surface area contributed by atoms with E-state index in [0.29, 0.717) is 16.7 Å². The number of hydrogen-bond acceptors (Lipinski definition) is 3. The molecule has 1 saturated carbocycles. The van der Waals surface area contributed by atoms with E-state index >= 15 is 0 Å². The van der Waals surface area contributed by atoms with Crippen LogP contribution in [0.3, 0.4) is 0 Å². The summed E-state index contributed by atoms with van der Waals surface area (Å²) in [5.41, 5.74) is 1.05. The van der Waals surface area contributed by atoms with Crippen LogP contribution in [0.4, 0.5) is 0 Å². The molecule has 5 heteroatoms. The maximum Gasteiger partial charge on any atom is 0.138 e. The Kier molecular flexibility index (Phi) is 6.68. The Balaban J connectivity index is 1.92. The van der Waals surface area contributed by atoms with Crippen molar-refractivity contribution < 1.29 is 9.29 Å². The highest BCUT2D eigenvalue weighted by atomic mass is 35.5. The van der Waals surface area contributed by atoms with Gasteiger partial charge in [0.25, 0.3) is 0 Å². The van der Waals surface area contributed by atoms with Gasteiger partial charge in [-0.15, -0.1) is 4.72 Å². The van der Waals surface area contributed by atoms with Crippen LogP contribution in [0.2, 0.25) is 5.02 Å². The van der Waals surface area contributed by atoms with Crippen LogP contribution in [0.25, 0.3) is 0 Å². The van der Waals surface area contributed by atoms with Gasteiger partial charge in [0.15, 0.2) is 0 Å². The van der Waals surface area contributed by atoms with E-state index in [1.54, 1.807) is 0 Å². The lowest BCUT2D eigenvalue weighted by molar-refractivity contribution is 0.299. The average Bonchev–Trinajstić information content (AvgIpc) is 3.28. The Hall–Kier alpha value is -0.420. The molecule has 0 bridgehead atoms. The summed E-state index contributed by atoms with van der Waals surface area (Å²) in [6, 6.07) is 5.79. The van der Waals surface area contributed by atoms with Crippen LogP contribution in [-0.4, -0.2) is 16.9 Å². The Morgan fingerprint density at radius 2 is 2.24 bits per heavy atom. The zero-order valence-corrected chi connectivity index (χ0v) is 14.3. The third kappa shape index (κ3) is 5.70. The quantitative estimate of drug-likeness (QED) is 0.689. The third-order valence-electron chi connectivity index (χ3n) is 3.62. The molecule has 0 aromatic heterocycles. The van der Waals surface area contributed by atoms with Crippen molar-refractivity contribution in [2.75, 3.05) is 12.4 Å². The number of rotatable bonds is 9. The molecule has 0 spiro atoms. The van der Waals surface area contributed by atoms with Gasteiger partial charge < -0.3 is 9.29 Å². The normalized spacial score (nSPS) is 17.5. The summed E-state index contributed by atoms with van der Waals surface area (Å²) in [6.07, 6.45) is 4.54. The summed E-state index contributed by atoms with van der Waals surface area (Å²) in [5.74, 6) is 2.12. The second kappa shape index (κ2) is 8.28. The fourth-order valence-corrected chi connectivity index (χ4v) is 3.36.